The highest BCUT2D eigenvalue weighted by Gasteiger charge is 2.20. The van der Waals surface area contributed by atoms with Crippen molar-refractivity contribution in [3.05, 3.63) is 11.6 Å². The van der Waals surface area contributed by atoms with Gasteiger partial charge in [0.1, 0.15) is 11.6 Å². The average molecular weight is 238 g/mol. The van der Waals surface area contributed by atoms with Crippen LogP contribution in [0.25, 0.3) is 0 Å². The molecule has 1 aromatic rings. The van der Waals surface area contributed by atoms with Crippen LogP contribution < -0.4 is 5.73 Å². The summed E-state index contributed by atoms with van der Waals surface area (Å²) in [7, 11) is 0. The molecule has 98 valence electrons. The minimum absolute atomic E-state index is 0.384. The lowest BCUT2D eigenvalue weighted by atomic mass is 9.98. The molecular weight excluding hydrogens is 212 g/mol. The summed E-state index contributed by atoms with van der Waals surface area (Å²) in [5.41, 5.74) is 5.72. The molecule has 1 heterocycles. The van der Waals surface area contributed by atoms with Crippen LogP contribution in [0, 0.1) is 0 Å². The zero-order valence-corrected chi connectivity index (χ0v) is 11.6. The number of aromatic nitrogens is 3. The molecule has 4 nitrogen and oxygen atoms in total. The van der Waals surface area contributed by atoms with Gasteiger partial charge in [-0.2, -0.15) is 0 Å². The van der Waals surface area contributed by atoms with E-state index in [9.17, 15) is 0 Å². The van der Waals surface area contributed by atoms with Gasteiger partial charge in [-0.3, -0.25) is 0 Å². The van der Waals surface area contributed by atoms with E-state index >= 15 is 0 Å². The van der Waals surface area contributed by atoms with E-state index < -0.39 is 0 Å². The third-order valence-corrected chi connectivity index (χ3v) is 3.26. The van der Waals surface area contributed by atoms with Gasteiger partial charge in [0.2, 0.25) is 0 Å². The molecule has 0 aliphatic rings. The molecule has 0 bridgehead atoms. The van der Waals surface area contributed by atoms with Gasteiger partial charge < -0.3 is 10.3 Å². The van der Waals surface area contributed by atoms with Gasteiger partial charge in [-0.1, -0.05) is 26.7 Å². The number of hydrogen-bond donors (Lipinski definition) is 1. The molecule has 0 saturated carbocycles. The molecule has 2 N–H and O–H groups in total. The van der Waals surface area contributed by atoms with E-state index in [2.05, 4.69) is 42.5 Å². The predicted octanol–water partition coefficient (Wildman–Crippen LogP) is 3.00. The van der Waals surface area contributed by atoms with Crippen molar-refractivity contribution in [2.24, 2.45) is 5.73 Å². The lowest BCUT2D eigenvalue weighted by Crippen LogP contribution is -2.15. The molecule has 1 atom stereocenters. The third-order valence-electron chi connectivity index (χ3n) is 3.26. The fourth-order valence-corrected chi connectivity index (χ4v) is 2.28. The van der Waals surface area contributed by atoms with E-state index in [0.29, 0.717) is 18.5 Å². The second-order valence-corrected chi connectivity index (χ2v) is 4.89. The van der Waals surface area contributed by atoms with Crippen molar-refractivity contribution in [3.8, 4) is 0 Å². The molecule has 0 saturated heterocycles. The summed E-state index contributed by atoms with van der Waals surface area (Å²) in [6.45, 7) is 9.25. The standard InChI is InChI=1S/C13H26N4/c1-5-7-8-11(6-2)13-16-15-12(9-14)17(13)10(3)4/h10-11H,5-9,14H2,1-4H3. The van der Waals surface area contributed by atoms with Crippen molar-refractivity contribution < 1.29 is 0 Å². The van der Waals surface area contributed by atoms with Crippen LogP contribution in [0.4, 0.5) is 0 Å². The molecule has 1 rings (SSSR count). The molecule has 0 aliphatic carbocycles. The van der Waals surface area contributed by atoms with E-state index in [0.717, 1.165) is 18.1 Å². The van der Waals surface area contributed by atoms with Crippen LogP contribution in [0.1, 0.15) is 77.0 Å². The second-order valence-electron chi connectivity index (χ2n) is 4.89. The van der Waals surface area contributed by atoms with Crippen LogP contribution in [-0.2, 0) is 6.54 Å². The van der Waals surface area contributed by atoms with Crippen LogP contribution in [0.2, 0.25) is 0 Å². The molecule has 4 heteroatoms. The van der Waals surface area contributed by atoms with Gasteiger partial charge >= 0.3 is 0 Å². The molecule has 0 aliphatic heterocycles. The van der Waals surface area contributed by atoms with Gasteiger partial charge in [0, 0.05) is 12.0 Å². The van der Waals surface area contributed by atoms with E-state index in [-0.39, 0.29) is 0 Å². The van der Waals surface area contributed by atoms with Crippen LogP contribution in [0.5, 0.6) is 0 Å². The van der Waals surface area contributed by atoms with E-state index in [1.165, 1.54) is 19.3 Å². The van der Waals surface area contributed by atoms with Crippen LogP contribution in [-0.4, -0.2) is 14.8 Å². The number of nitrogens with zero attached hydrogens (tertiary/aromatic N) is 3. The lowest BCUT2D eigenvalue weighted by Gasteiger charge is -2.19. The second kappa shape index (κ2) is 6.74. The molecule has 0 radical (unpaired) electrons. The van der Waals surface area contributed by atoms with Gasteiger partial charge in [-0.05, 0) is 26.7 Å². The summed E-state index contributed by atoms with van der Waals surface area (Å²) in [5, 5.41) is 8.59. The molecule has 1 aromatic heterocycles. The summed E-state index contributed by atoms with van der Waals surface area (Å²) in [6.07, 6.45) is 4.80. The SMILES string of the molecule is CCCCC(CC)c1nnc(CN)n1C(C)C. The topological polar surface area (TPSA) is 56.7 Å². The van der Waals surface area contributed by atoms with Crippen molar-refractivity contribution in [2.45, 2.75) is 71.9 Å². The Morgan fingerprint density at radius 2 is 1.94 bits per heavy atom. The number of nitrogens with two attached hydrogens (primary N) is 1. The summed E-state index contributed by atoms with van der Waals surface area (Å²) < 4.78 is 2.21. The van der Waals surface area contributed by atoms with Crippen LogP contribution >= 0.6 is 0 Å². The monoisotopic (exact) mass is 238 g/mol. The molecule has 0 fully saturated rings. The first-order valence-corrected chi connectivity index (χ1v) is 6.79. The first-order valence-electron chi connectivity index (χ1n) is 6.79. The largest absolute Gasteiger partial charge is 0.324 e. The number of hydrogen-bond acceptors (Lipinski definition) is 3. The Labute approximate surface area is 105 Å². The zero-order chi connectivity index (χ0) is 12.8. The maximum Gasteiger partial charge on any atom is 0.147 e. The van der Waals surface area contributed by atoms with Crippen molar-refractivity contribution in [1.29, 1.82) is 0 Å². The smallest absolute Gasteiger partial charge is 0.147 e. The number of unbranched alkanes of at least 4 members (excludes halogenated alkanes) is 1. The molecule has 0 spiro atoms. The highest BCUT2D eigenvalue weighted by molar-refractivity contribution is 5.03. The molecular formula is C13H26N4. The Bertz CT molecular complexity index is 330. The Balaban J connectivity index is 2.97. The fourth-order valence-electron chi connectivity index (χ4n) is 2.28. The Morgan fingerprint density at radius 3 is 2.41 bits per heavy atom. The minimum Gasteiger partial charge on any atom is -0.324 e. The zero-order valence-electron chi connectivity index (χ0n) is 11.6. The molecule has 17 heavy (non-hydrogen) atoms. The number of rotatable bonds is 7. The maximum atomic E-state index is 5.72. The van der Waals surface area contributed by atoms with Crippen molar-refractivity contribution in [3.63, 3.8) is 0 Å². The third kappa shape index (κ3) is 3.28. The van der Waals surface area contributed by atoms with Crippen LogP contribution in [0.15, 0.2) is 0 Å². The van der Waals surface area contributed by atoms with Gasteiger partial charge in [0.15, 0.2) is 0 Å². The Hall–Kier alpha value is -0.900. The highest BCUT2D eigenvalue weighted by atomic mass is 15.3. The molecule has 1 unspecified atom stereocenters. The van der Waals surface area contributed by atoms with E-state index in [4.69, 9.17) is 5.73 Å². The van der Waals surface area contributed by atoms with Crippen molar-refractivity contribution in [1.82, 2.24) is 14.8 Å². The summed E-state index contributed by atoms with van der Waals surface area (Å²) in [5.74, 6) is 2.55. The average Bonchev–Trinajstić information content (AvgIpc) is 2.74. The Kier molecular flexibility index (Phi) is 5.62. The maximum absolute atomic E-state index is 5.72. The van der Waals surface area contributed by atoms with Gasteiger partial charge in [-0.15, -0.1) is 10.2 Å². The normalized spacial score (nSPS) is 13.3. The first kappa shape index (κ1) is 14.2. The quantitative estimate of drug-likeness (QED) is 0.794. The van der Waals surface area contributed by atoms with E-state index in [1.54, 1.807) is 0 Å². The van der Waals surface area contributed by atoms with Crippen molar-refractivity contribution in [2.75, 3.05) is 0 Å². The van der Waals surface area contributed by atoms with Gasteiger partial charge in [0.05, 0.1) is 6.54 Å². The van der Waals surface area contributed by atoms with Crippen molar-refractivity contribution >= 4 is 0 Å². The molecule has 0 amide bonds. The summed E-state index contributed by atoms with van der Waals surface area (Å²) in [6, 6.07) is 0.384. The summed E-state index contributed by atoms with van der Waals surface area (Å²) >= 11 is 0. The fraction of sp³-hybridized carbons (Fsp3) is 0.846. The van der Waals surface area contributed by atoms with Crippen LogP contribution in [0.3, 0.4) is 0 Å². The van der Waals surface area contributed by atoms with Gasteiger partial charge in [-0.25, -0.2) is 0 Å². The molecule has 0 aromatic carbocycles. The lowest BCUT2D eigenvalue weighted by molar-refractivity contribution is 0.475. The Morgan fingerprint density at radius 1 is 1.24 bits per heavy atom. The first-order chi connectivity index (χ1) is 8.15. The minimum atomic E-state index is 0.384. The van der Waals surface area contributed by atoms with Gasteiger partial charge in [0.25, 0.3) is 0 Å². The predicted molar refractivity (Wildman–Crippen MR) is 70.9 cm³/mol. The van der Waals surface area contributed by atoms with E-state index in [1.807, 2.05) is 0 Å². The highest BCUT2D eigenvalue weighted by Crippen LogP contribution is 2.26. The summed E-state index contributed by atoms with van der Waals surface area (Å²) in [4.78, 5) is 0.